The van der Waals surface area contributed by atoms with E-state index in [2.05, 4.69) is 46.9 Å². The Bertz CT molecular complexity index is 1160. The lowest BCUT2D eigenvalue weighted by Crippen LogP contribution is -2.37. The number of morpholine rings is 1. The number of nitrogens with one attached hydrogen (secondary N) is 3. The summed E-state index contributed by atoms with van der Waals surface area (Å²) in [5.41, 5.74) is 1.78. The van der Waals surface area contributed by atoms with Crippen LogP contribution in [0.4, 0.5) is 27.9 Å². The summed E-state index contributed by atoms with van der Waals surface area (Å²) in [6, 6.07) is 6.07. The van der Waals surface area contributed by atoms with E-state index in [0.29, 0.717) is 68.0 Å². The SMILES string of the molecule is Fc1ccc(Nc2nc(NCCNC3=CC=NC4C=C(Cl)C=CC34)nc(N3CCOCC3)n2)cc1. The van der Waals surface area contributed by atoms with Gasteiger partial charge in [0.15, 0.2) is 0 Å². The number of allylic oxidation sites excluding steroid dienone is 3. The van der Waals surface area contributed by atoms with Crippen molar-refractivity contribution < 1.29 is 9.13 Å². The van der Waals surface area contributed by atoms with E-state index in [1.54, 1.807) is 12.1 Å². The first-order chi connectivity index (χ1) is 17.1. The average molecular weight is 497 g/mol. The predicted molar refractivity (Wildman–Crippen MR) is 136 cm³/mol. The Balaban J connectivity index is 1.24. The second-order valence-corrected chi connectivity index (χ2v) is 8.65. The molecule has 0 amide bonds. The molecule has 5 rings (SSSR count). The minimum absolute atomic E-state index is 0.0210. The van der Waals surface area contributed by atoms with Crippen LogP contribution in [-0.4, -0.2) is 66.6 Å². The van der Waals surface area contributed by atoms with Crippen molar-refractivity contribution >= 4 is 41.3 Å². The molecule has 1 aliphatic carbocycles. The normalized spacial score (nSPS) is 21.1. The van der Waals surface area contributed by atoms with E-state index < -0.39 is 0 Å². The van der Waals surface area contributed by atoms with Crippen LogP contribution in [0.3, 0.4) is 0 Å². The summed E-state index contributed by atoms with van der Waals surface area (Å²) in [5, 5.41) is 10.6. The molecule has 0 bridgehead atoms. The minimum Gasteiger partial charge on any atom is -0.386 e. The summed E-state index contributed by atoms with van der Waals surface area (Å²) in [6.07, 6.45) is 9.74. The van der Waals surface area contributed by atoms with Crippen LogP contribution < -0.4 is 20.9 Å². The number of hydrogen-bond donors (Lipinski definition) is 3. The summed E-state index contributed by atoms with van der Waals surface area (Å²) < 4.78 is 18.7. The fourth-order valence-corrected chi connectivity index (χ4v) is 4.22. The third-order valence-electron chi connectivity index (χ3n) is 5.79. The van der Waals surface area contributed by atoms with Crippen LogP contribution in [0.15, 0.2) is 64.3 Å². The second-order valence-electron chi connectivity index (χ2n) is 8.21. The van der Waals surface area contributed by atoms with Crippen molar-refractivity contribution in [1.82, 2.24) is 20.3 Å². The third-order valence-corrected chi connectivity index (χ3v) is 6.04. The molecule has 1 saturated heterocycles. The van der Waals surface area contributed by atoms with E-state index in [4.69, 9.17) is 16.3 Å². The highest BCUT2D eigenvalue weighted by atomic mass is 35.5. The Morgan fingerprint density at radius 2 is 1.80 bits per heavy atom. The molecule has 2 unspecified atom stereocenters. The molecule has 9 nitrogen and oxygen atoms in total. The quantitative estimate of drug-likeness (QED) is 0.479. The van der Waals surface area contributed by atoms with Crippen molar-refractivity contribution in [2.75, 3.05) is 54.9 Å². The zero-order valence-electron chi connectivity index (χ0n) is 19.0. The van der Waals surface area contributed by atoms with E-state index >= 15 is 0 Å². The number of nitrogens with zero attached hydrogens (tertiary/aromatic N) is 5. The molecular formula is C24H26ClFN8O. The van der Waals surface area contributed by atoms with Gasteiger partial charge in [0.2, 0.25) is 17.8 Å². The largest absolute Gasteiger partial charge is 0.386 e. The molecule has 182 valence electrons. The Morgan fingerprint density at radius 1 is 1.03 bits per heavy atom. The minimum atomic E-state index is -0.302. The monoisotopic (exact) mass is 496 g/mol. The maximum Gasteiger partial charge on any atom is 0.233 e. The van der Waals surface area contributed by atoms with Crippen LogP contribution in [0.25, 0.3) is 0 Å². The molecule has 0 spiro atoms. The lowest BCUT2D eigenvalue weighted by molar-refractivity contribution is 0.122. The van der Waals surface area contributed by atoms with Crippen molar-refractivity contribution in [3.8, 4) is 0 Å². The van der Waals surface area contributed by atoms with Crippen LogP contribution in [-0.2, 0) is 4.74 Å². The summed E-state index contributed by atoms with van der Waals surface area (Å²) >= 11 is 6.12. The van der Waals surface area contributed by atoms with Crippen molar-refractivity contribution in [3.63, 3.8) is 0 Å². The number of anilines is 4. The first-order valence-corrected chi connectivity index (χ1v) is 11.9. The highest BCUT2D eigenvalue weighted by molar-refractivity contribution is 6.31. The van der Waals surface area contributed by atoms with Crippen molar-refractivity contribution in [1.29, 1.82) is 0 Å². The molecule has 35 heavy (non-hydrogen) atoms. The smallest absolute Gasteiger partial charge is 0.233 e. The van der Waals surface area contributed by atoms with Gasteiger partial charge >= 0.3 is 0 Å². The molecule has 2 aliphatic heterocycles. The number of dihydropyridines is 1. The fraction of sp³-hybridized carbons (Fsp3) is 0.333. The number of aromatic nitrogens is 3. The van der Waals surface area contributed by atoms with E-state index in [1.807, 2.05) is 24.4 Å². The molecular weight excluding hydrogens is 471 g/mol. The summed E-state index contributed by atoms with van der Waals surface area (Å²) in [7, 11) is 0. The van der Waals surface area contributed by atoms with E-state index in [-0.39, 0.29) is 17.8 Å². The fourth-order valence-electron chi connectivity index (χ4n) is 4.01. The van der Waals surface area contributed by atoms with Gasteiger partial charge in [0.05, 0.1) is 19.3 Å². The first-order valence-electron chi connectivity index (χ1n) is 11.5. The van der Waals surface area contributed by atoms with Gasteiger partial charge in [-0.2, -0.15) is 15.0 Å². The van der Waals surface area contributed by atoms with Crippen molar-refractivity contribution in [2.24, 2.45) is 10.9 Å². The zero-order chi connectivity index (χ0) is 24.0. The van der Waals surface area contributed by atoms with Crippen LogP contribution in [0.1, 0.15) is 0 Å². The number of halogens is 2. The summed E-state index contributed by atoms with van der Waals surface area (Å²) in [6.45, 7) is 3.89. The Hall–Kier alpha value is -3.50. The highest BCUT2D eigenvalue weighted by Gasteiger charge is 2.25. The van der Waals surface area contributed by atoms with Crippen LogP contribution in [0, 0.1) is 11.7 Å². The van der Waals surface area contributed by atoms with Crippen LogP contribution in [0.2, 0.25) is 0 Å². The number of fused-ring (bicyclic) bond motifs is 1. The van der Waals surface area contributed by atoms with Gasteiger partial charge in [0, 0.05) is 54.7 Å². The topological polar surface area (TPSA) is 99.6 Å². The Morgan fingerprint density at radius 3 is 2.63 bits per heavy atom. The van der Waals surface area contributed by atoms with Gasteiger partial charge in [-0.3, -0.25) is 4.99 Å². The molecule has 3 aliphatic rings. The van der Waals surface area contributed by atoms with Gasteiger partial charge < -0.3 is 25.6 Å². The van der Waals surface area contributed by atoms with Gasteiger partial charge in [0.25, 0.3) is 0 Å². The van der Waals surface area contributed by atoms with Gasteiger partial charge in [-0.05, 0) is 42.5 Å². The summed E-state index contributed by atoms with van der Waals surface area (Å²) in [5.74, 6) is 1.25. The molecule has 2 aromatic rings. The molecule has 1 fully saturated rings. The molecule has 0 radical (unpaired) electrons. The molecule has 3 N–H and O–H groups in total. The number of rotatable bonds is 8. The molecule has 2 atom stereocenters. The van der Waals surface area contributed by atoms with Gasteiger partial charge in [0.1, 0.15) is 5.82 Å². The Kier molecular flexibility index (Phi) is 7.20. The molecule has 1 aromatic carbocycles. The molecule has 0 saturated carbocycles. The van der Waals surface area contributed by atoms with Gasteiger partial charge in [-0.1, -0.05) is 17.7 Å². The number of hydrogen-bond acceptors (Lipinski definition) is 9. The van der Waals surface area contributed by atoms with E-state index in [9.17, 15) is 4.39 Å². The highest BCUT2D eigenvalue weighted by Crippen LogP contribution is 2.28. The summed E-state index contributed by atoms with van der Waals surface area (Å²) in [4.78, 5) is 20.2. The van der Waals surface area contributed by atoms with Gasteiger partial charge in [-0.25, -0.2) is 4.39 Å². The van der Waals surface area contributed by atoms with Crippen molar-refractivity contribution in [2.45, 2.75) is 6.04 Å². The second kappa shape index (κ2) is 10.8. The average Bonchev–Trinajstić information content (AvgIpc) is 2.88. The molecule has 11 heteroatoms. The van der Waals surface area contributed by atoms with E-state index in [0.717, 1.165) is 5.70 Å². The zero-order valence-corrected chi connectivity index (χ0v) is 19.7. The number of aliphatic imine (C=N–C) groups is 1. The van der Waals surface area contributed by atoms with Crippen molar-refractivity contribution in [3.05, 3.63) is 65.1 Å². The molecule has 3 heterocycles. The standard InChI is InChI=1S/C24H26ClFN8O/c25-16-1-6-19-20(7-8-27-21(19)15-16)28-9-10-29-22-31-23(30-18-4-2-17(26)3-5-18)33-24(32-22)34-11-13-35-14-12-34/h1-8,15,19,21,28H,9-14H2,(H2,29,30,31,32,33). The maximum atomic E-state index is 13.3. The van der Waals surface area contributed by atoms with Crippen LogP contribution in [0.5, 0.6) is 0 Å². The maximum absolute atomic E-state index is 13.3. The first kappa shape index (κ1) is 23.3. The number of ether oxygens (including phenoxy) is 1. The van der Waals surface area contributed by atoms with Gasteiger partial charge in [-0.15, -0.1) is 0 Å². The van der Waals surface area contributed by atoms with Crippen LogP contribution >= 0.6 is 11.6 Å². The third kappa shape index (κ3) is 5.95. The lowest BCUT2D eigenvalue weighted by atomic mass is 9.90. The Labute approximate surface area is 207 Å². The predicted octanol–water partition coefficient (Wildman–Crippen LogP) is 3.24. The number of benzene rings is 1. The lowest BCUT2D eigenvalue weighted by Gasteiger charge is -2.28. The molecule has 1 aromatic heterocycles. The van der Waals surface area contributed by atoms with E-state index in [1.165, 1.54) is 12.1 Å².